The van der Waals surface area contributed by atoms with Crippen LogP contribution in [-0.4, -0.2) is 65.5 Å². The van der Waals surface area contributed by atoms with E-state index in [0.717, 1.165) is 0 Å². The van der Waals surface area contributed by atoms with Gasteiger partial charge in [-0.3, -0.25) is 14.4 Å². The summed E-state index contributed by atoms with van der Waals surface area (Å²) in [6, 6.07) is -4.37. The second-order valence-corrected chi connectivity index (χ2v) is 9.53. The SMILES string of the molecule is CC(C)C(NC(=O)NC(C(=O)N[C@H]1/C=C/CCNC(=O)/C=C/[C@H](C(C)C)NC1=O)C(C)C)C(=O)O. The Bertz CT molecular complexity index is 836. The van der Waals surface area contributed by atoms with E-state index in [1.165, 1.54) is 6.08 Å². The Morgan fingerprint density at radius 1 is 0.971 bits per heavy atom. The van der Waals surface area contributed by atoms with Crippen LogP contribution in [0.5, 0.6) is 0 Å². The third-order valence-corrected chi connectivity index (χ3v) is 5.46. The highest BCUT2D eigenvalue weighted by atomic mass is 16.4. The van der Waals surface area contributed by atoms with Gasteiger partial charge < -0.3 is 31.7 Å². The molecule has 0 saturated carbocycles. The molecule has 11 heteroatoms. The van der Waals surface area contributed by atoms with Gasteiger partial charge in [-0.2, -0.15) is 0 Å². The van der Waals surface area contributed by atoms with E-state index >= 15 is 0 Å². The molecular weight excluding hydrogens is 454 g/mol. The molecule has 0 aromatic heterocycles. The summed E-state index contributed by atoms with van der Waals surface area (Å²) in [5, 5.41) is 22.4. The van der Waals surface area contributed by atoms with E-state index in [-0.39, 0.29) is 23.7 Å². The Kier molecular flexibility index (Phi) is 12.0. The molecule has 0 bridgehead atoms. The van der Waals surface area contributed by atoms with Crippen LogP contribution in [0.4, 0.5) is 4.79 Å². The topological polar surface area (TPSA) is 166 Å². The first-order valence-corrected chi connectivity index (χ1v) is 11.9. The first kappa shape index (κ1) is 29.7. The second-order valence-electron chi connectivity index (χ2n) is 9.53. The molecular formula is C24H39N5O6. The van der Waals surface area contributed by atoms with E-state index in [0.29, 0.717) is 13.0 Å². The van der Waals surface area contributed by atoms with Gasteiger partial charge in [0, 0.05) is 18.7 Å². The Hall–Kier alpha value is -3.37. The highest BCUT2D eigenvalue weighted by Gasteiger charge is 2.30. The zero-order valence-corrected chi connectivity index (χ0v) is 21.3. The number of carboxylic acid groups (broad SMARTS) is 1. The molecule has 35 heavy (non-hydrogen) atoms. The van der Waals surface area contributed by atoms with Crippen LogP contribution in [0, 0.1) is 17.8 Å². The van der Waals surface area contributed by atoms with Crippen molar-refractivity contribution in [3.05, 3.63) is 24.3 Å². The maximum absolute atomic E-state index is 13.1. The molecule has 196 valence electrons. The molecule has 0 aliphatic carbocycles. The minimum Gasteiger partial charge on any atom is -0.480 e. The number of amides is 5. The average molecular weight is 494 g/mol. The molecule has 1 aliphatic heterocycles. The monoisotopic (exact) mass is 493 g/mol. The quantitative estimate of drug-likeness (QED) is 0.272. The fourth-order valence-electron chi connectivity index (χ4n) is 3.27. The van der Waals surface area contributed by atoms with Crippen LogP contribution in [0.3, 0.4) is 0 Å². The van der Waals surface area contributed by atoms with Crippen LogP contribution in [0.1, 0.15) is 48.0 Å². The lowest BCUT2D eigenvalue weighted by molar-refractivity contribution is -0.140. The normalized spacial score (nSPS) is 22.7. The van der Waals surface area contributed by atoms with Gasteiger partial charge in [0.05, 0.1) is 0 Å². The molecule has 5 amide bonds. The number of carbonyl (C=O) groups excluding carboxylic acids is 4. The van der Waals surface area contributed by atoms with Gasteiger partial charge in [-0.1, -0.05) is 59.8 Å². The van der Waals surface area contributed by atoms with Gasteiger partial charge in [0.1, 0.15) is 18.1 Å². The maximum atomic E-state index is 13.1. The number of hydrogen-bond donors (Lipinski definition) is 6. The molecule has 1 aliphatic rings. The number of urea groups is 1. The first-order chi connectivity index (χ1) is 16.3. The summed E-state index contributed by atoms with van der Waals surface area (Å²) in [5.74, 6) is -3.20. The van der Waals surface area contributed by atoms with Crippen molar-refractivity contribution < 1.29 is 29.1 Å². The van der Waals surface area contributed by atoms with Crippen LogP contribution < -0.4 is 26.6 Å². The standard InChI is InChI=1S/C24H39N5O6/c1-13(2)16-10-11-18(30)25-12-8-7-9-17(21(31)26-16)27-22(32)19(14(3)4)28-24(35)29-20(15(5)6)23(33)34/h7,9-11,13-17,19-20H,8,12H2,1-6H3,(H,25,30)(H,26,31)(H,27,32)(H,33,34)(H2,28,29,35)/b9-7+,11-10+/t16-,17+,19?,20?/m1/s1. The number of hydrogen-bond acceptors (Lipinski definition) is 5. The Morgan fingerprint density at radius 3 is 2.11 bits per heavy atom. The first-order valence-electron chi connectivity index (χ1n) is 11.9. The second kappa shape index (κ2) is 14.1. The number of carboxylic acids is 1. The molecule has 0 fully saturated rings. The fourth-order valence-corrected chi connectivity index (χ4v) is 3.27. The third kappa shape index (κ3) is 10.2. The van der Waals surface area contributed by atoms with Crippen molar-refractivity contribution in [2.24, 2.45) is 17.8 Å². The largest absolute Gasteiger partial charge is 0.480 e. The summed E-state index contributed by atoms with van der Waals surface area (Å²) < 4.78 is 0. The van der Waals surface area contributed by atoms with Crippen molar-refractivity contribution >= 4 is 29.7 Å². The minimum absolute atomic E-state index is 0.0109. The van der Waals surface area contributed by atoms with Crippen molar-refractivity contribution in [3.8, 4) is 0 Å². The van der Waals surface area contributed by atoms with Gasteiger partial charge >= 0.3 is 12.0 Å². The third-order valence-electron chi connectivity index (χ3n) is 5.46. The van der Waals surface area contributed by atoms with E-state index in [2.05, 4.69) is 26.6 Å². The molecule has 4 atom stereocenters. The van der Waals surface area contributed by atoms with Gasteiger partial charge in [0.2, 0.25) is 17.7 Å². The van der Waals surface area contributed by atoms with E-state index in [1.54, 1.807) is 45.9 Å². The highest BCUT2D eigenvalue weighted by Crippen LogP contribution is 2.08. The smallest absolute Gasteiger partial charge is 0.326 e. The van der Waals surface area contributed by atoms with Crippen molar-refractivity contribution in [2.45, 2.75) is 72.1 Å². The lowest BCUT2D eigenvalue weighted by Crippen LogP contribution is -2.58. The summed E-state index contributed by atoms with van der Waals surface area (Å²) in [4.78, 5) is 61.7. The lowest BCUT2D eigenvalue weighted by atomic mass is 10.0. The molecule has 6 N–H and O–H groups in total. The van der Waals surface area contributed by atoms with E-state index < -0.39 is 48.0 Å². The number of rotatable bonds is 8. The lowest BCUT2D eigenvalue weighted by Gasteiger charge is -2.27. The summed E-state index contributed by atoms with van der Waals surface area (Å²) >= 11 is 0. The predicted molar refractivity (Wildman–Crippen MR) is 131 cm³/mol. The van der Waals surface area contributed by atoms with Crippen LogP contribution in [-0.2, 0) is 19.2 Å². The van der Waals surface area contributed by atoms with Gasteiger partial charge in [-0.05, 0) is 24.2 Å². The number of aliphatic carboxylic acids is 1. The molecule has 1 rings (SSSR count). The summed E-state index contributed by atoms with van der Waals surface area (Å²) in [6.07, 6.45) is 6.66. The van der Waals surface area contributed by atoms with Crippen molar-refractivity contribution in [1.29, 1.82) is 0 Å². The van der Waals surface area contributed by atoms with Crippen LogP contribution in [0.15, 0.2) is 24.3 Å². The molecule has 2 unspecified atom stereocenters. The molecule has 0 aromatic rings. The Balaban J connectivity index is 3.01. The highest BCUT2D eigenvalue weighted by molar-refractivity contribution is 5.94. The molecule has 11 nitrogen and oxygen atoms in total. The predicted octanol–water partition coefficient (Wildman–Crippen LogP) is 0.677. The van der Waals surface area contributed by atoms with E-state index in [1.807, 2.05) is 13.8 Å². The van der Waals surface area contributed by atoms with Gasteiger partial charge in [0.25, 0.3) is 0 Å². The minimum atomic E-state index is -1.18. The number of nitrogens with one attached hydrogen (secondary N) is 5. The zero-order chi connectivity index (χ0) is 26.7. The molecule has 0 saturated heterocycles. The molecule has 1 heterocycles. The Labute approximate surface area is 206 Å². The van der Waals surface area contributed by atoms with Gasteiger partial charge in [-0.25, -0.2) is 9.59 Å². The number of carbonyl (C=O) groups is 5. The van der Waals surface area contributed by atoms with Crippen molar-refractivity contribution in [2.75, 3.05) is 6.54 Å². The Morgan fingerprint density at radius 2 is 1.57 bits per heavy atom. The maximum Gasteiger partial charge on any atom is 0.326 e. The van der Waals surface area contributed by atoms with Gasteiger partial charge in [0.15, 0.2) is 0 Å². The van der Waals surface area contributed by atoms with Gasteiger partial charge in [-0.15, -0.1) is 0 Å². The molecule has 0 spiro atoms. The molecule has 0 aromatic carbocycles. The fraction of sp³-hybridized carbons (Fsp3) is 0.625. The summed E-state index contributed by atoms with van der Waals surface area (Å²) in [6.45, 7) is 10.9. The summed E-state index contributed by atoms with van der Waals surface area (Å²) in [7, 11) is 0. The van der Waals surface area contributed by atoms with Crippen molar-refractivity contribution in [1.82, 2.24) is 26.6 Å². The molecule has 0 radical (unpaired) electrons. The van der Waals surface area contributed by atoms with Crippen LogP contribution in [0.25, 0.3) is 0 Å². The van der Waals surface area contributed by atoms with Crippen LogP contribution in [0.2, 0.25) is 0 Å². The van der Waals surface area contributed by atoms with E-state index in [4.69, 9.17) is 0 Å². The van der Waals surface area contributed by atoms with Crippen molar-refractivity contribution in [3.63, 3.8) is 0 Å². The zero-order valence-electron chi connectivity index (χ0n) is 21.3. The van der Waals surface area contributed by atoms with Crippen LogP contribution >= 0.6 is 0 Å². The van der Waals surface area contributed by atoms with E-state index in [9.17, 15) is 29.1 Å². The summed E-state index contributed by atoms with van der Waals surface area (Å²) in [5.41, 5.74) is 0. The average Bonchev–Trinajstić information content (AvgIpc) is 2.75.